The van der Waals surface area contributed by atoms with Crippen molar-refractivity contribution < 1.29 is 42.9 Å². The number of carbonyl (C=O) groups excluding carboxylic acids is 2. The number of carboxylic acid groups (broad SMARTS) is 1. The summed E-state index contributed by atoms with van der Waals surface area (Å²) in [5.74, 6) is -3.53. The number of halogens is 5. The van der Waals surface area contributed by atoms with E-state index in [2.05, 4.69) is 30.6 Å². The van der Waals surface area contributed by atoms with Gasteiger partial charge in [-0.05, 0) is 78.9 Å². The maximum atomic E-state index is 15.1. The van der Waals surface area contributed by atoms with Crippen LogP contribution >= 0.6 is 23.2 Å². The topological polar surface area (TPSA) is 200 Å². The van der Waals surface area contributed by atoms with Gasteiger partial charge in [-0.2, -0.15) is 0 Å². The SMILES string of the molecule is O=C(O)Nc1nc2ccc(C3(O)c4c(F)cccc4C(=O)N3c3cccc(Cl)c3F)cc2[nH]1.O=C1c2ccccc2C(O)(c2ccc3[nH]c(Nc4ccccc4)nc3c2)N1c1cccc(Cl)c1F. The van der Waals surface area contributed by atoms with Gasteiger partial charge in [-0.3, -0.25) is 24.7 Å². The van der Waals surface area contributed by atoms with Gasteiger partial charge in [-0.25, -0.2) is 27.9 Å². The van der Waals surface area contributed by atoms with Gasteiger partial charge in [0.1, 0.15) is 5.82 Å². The van der Waals surface area contributed by atoms with Gasteiger partial charge >= 0.3 is 6.09 Å². The monoisotopic (exact) mass is 954 g/mol. The standard InChI is InChI=1S/C27H18ClFN4O2.C22H13ClF2N4O4/c28-20-11-6-12-23(24(20)29)33-25(34)18-9-4-5-10-19(18)27(33,35)16-13-14-21-22(15-16)32-26(31-21)30-17-7-2-1-3-8-17;23-12-4-2-6-16(18(12)25)29-19(30)11-3-1-5-13(24)17(11)22(29,33)10-7-8-14-15(9-10)27-20(26-14)28-21(31)32/h1-15,35H,(H2,30,31,32);1-9,33H,(H,31,32)(H2,26,27,28). The van der Waals surface area contributed by atoms with E-state index in [4.69, 9.17) is 28.3 Å². The number of aromatic amines is 2. The van der Waals surface area contributed by atoms with Gasteiger partial charge in [0, 0.05) is 27.9 Å². The molecule has 0 aliphatic carbocycles. The molecule has 14 nitrogen and oxygen atoms in total. The molecule has 0 saturated heterocycles. The minimum Gasteiger partial charge on any atom is -0.465 e. The van der Waals surface area contributed by atoms with E-state index in [1.807, 2.05) is 30.3 Å². The molecule has 338 valence electrons. The Balaban J connectivity index is 0.000000159. The van der Waals surface area contributed by atoms with Gasteiger partial charge in [0.05, 0.1) is 54.6 Å². The molecule has 11 rings (SSSR count). The third kappa shape index (κ3) is 7.03. The zero-order valence-electron chi connectivity index (χ0n) is 34.6. The molecule has 19 heteroatoms. The highest BCUT2D eigenvalue weighted by Crippen LogP contribution is 2.49. The third-order valence-corrected chi connectivity index (χ3v) is 12.1. The van der Waals surface area contributed by atoms with E-state index in [-0.39, 0.29) is 55.1 Å². The van der Waals surface area contributed by atoms with Crippen molar-refractivity contribution in [1.29, 1.82) is 0 Å². The molecule has 3 amide bonds. The van der Waals surface area contributed by atoms with Crippen LogP contribution in [0, 0.1) is 17.5 Å². The largest absolute Gasteiger partial charge is 0.465 e. The summed E-state index contributed by atoms with van der Waals surface area (Å²) in [5, 5.41) is 37.8. The zero-order chi connectivity index (χ0) is 47.6. The van der Waals surface area contributed by atoms with Crippen LogP contribution in [-0.4, -0.2) is 53.2 Å². The van der Waals surface area contributed by atoms with Crippen molar-refractivity contribution >= 4 is 92.1 Å². The molecule has 0 bridgehead atoms. The lowest BCUT2D eigenvalue weighted by molar-refractivity contribution is 0.0677. The van der Waals surface area contributed by atoms with E-state index in [1.54, 1.807) is 42.5 Å². The molecule has 0 fully saturated rings. The van der Waals surface area contributed by atoms with E-state index in [1.165, 1.54) is 66.7 Å². The number of fused-ring (bicyclic) bond motifs is 4. The average molecular weight is 956 g/mol. The molecule has 2 unspecified atom stereocenters. The summed E-state index contributed by atoms with van der Waals surface area (Å²) in [7, 11) is 0. The van der Waals surface area contributed by atoms with Crippen LogP contribution < -0.4 is 20.4 Å². The maximum absolute atomic E-state index is 15.1. The minimum absolute atomic E-state index is 0.0112. The second-order valence-corrected chi connectivity index (χ2v) is 16.3. The number of hydrogen-bond donors (Lipinski definition) is 7. The first-order valence-corrected chi connectivity index (χ1v) is 21.2. The van der Waals surface area contributed by atoms with Crippen molar-refractivity contribution in [3.63, 3.8) is 0 Å². The molecule has 9 aromatic rings. The average Bonchev–Trinajstić information content (AvgIpc) is 4.05. The number of rotatable bonds is 7. The Morgan fingerprint density at radius 2 is 1.18 bits per heavy atom. The molecule has 0 spiro atoms. The highest BCUT2D eigenvalue weighted by molar-refractivity contribution is 6.31. The van der Waals surface area contributed by atoms with Crippen LogP contribution in [-0.2, 0) is 11.4 Å². The van der Waals surface area contributed by atoms with E-state index < -0.39 is 46.8 Å². The van der Waals surface area contributed by atoms with Crippen molar-refractivity contribution in [2.45, 2.75) is 11.4 Å². The zero-order valence-corrected chi connectivity index (χ0v) is 36.1. The fraction of sp³-hybridized carbons (Fsp3) is 0.0408. The van der Waals surface area contributed by atoms with Crippen molar-refractivity contribution in [3.8, 4) is 0 Å². The third-order valence-electron chi connectivity index (χ3n) is 11.6. The summed E-state index contributed by atoms with van der Waals surface area (Å²) in [6.07, 6.45) is -1.34. The van der Waals surface area contributed by atoms with Crippen LogP contribution in [0.3, 0.4) is 0 Å². The van der Waals surface area contributed by atoms with Crippen LogP contribution in [0.2, 0.25) is 10.0 Å². The van der Waals surface area contributed by atoms with Crippen LogP contribution in [0.5, 0.6) is 0 Å². The Morgan fingerprint density at radius 3 is 1.88 bits per heavy atom. The van der Waals surface area contributed by atoms with Crippen LogP contribution in [0.15, 0.2) is 146 Å². The fourth-order valence-corrected chi connectivity index (χ4v) is 8.92. The van der Waals surface area contributed by atoms with Crippen molar-refractivity contribution in [1.82, 2.24) is 19.9 Å². The van der Waals surface area contributed by atoms with Crippen molar-refractivity contribution in [2.24, 2.45) is 0 Å². The molecule has 7 N–H and O–H groups in total. The summed E-state index contributed by atoms with van der Waals surface area (Å²) >= 11 is 11.9. The number of imidazole rings is 2. The second kappa shape index (κ2) is 16.6. The quantitative estimate of drug-likeness (QED) is 0.0812. The normalized spacial score (nSPS) is 17.3. The molecule has 0 radical (unpaired) electrons. The molecular formula is C49H31Cl2F3N8O6. The van der Waals surface area contributed by atoms with Crippen LogP contribution in [0.25, 0.3) is 22.1 Å². The highest BCUT2D eigenvalue weighted by Gasteiger charge is 2.54. The lowest BCUT2D eigenvalue weighted by atomic mass is 9.92. The maximum Gasteiger partial charge on any atom is 0.411 e. The number of aromatic nitrogens is 4. The van der Waals surface area contributed by atoms with Crippen molar-refractivity contribution in [3.05, 3.63) is 206 Å². The molecule has 0 saturated carbocycles. The molecular weight excluding hydrogens is 924 g/mol. The lowest BCUT2D eigenvalue weighted by Gasteiger charge is -2.35. The van der Waals surface area contributed by atoms with Crippen molar-refractivity contribution in [2.75, 3.05) is 20.4 Å². The number of para-hydroxylation sites is 1. The Hall–Kier alpha value is -8.22. The van der Waals surface area contributed by atoms with Gasteiger partial charge in [0.2, 0.25) is 17.6 Å². The summed E-state index contributed by atoms with van der Waals surface area (Å²) < 4.78 is 45.1. The summed E-state index contributed by atoms with van der Waals surface area (Å²) in [6, 6.07) is 37.6. The summed E-state index contributed by atoms with van der Waals surface area (Å²) in [6.45, 7) is 0. The van der Waals surface area contributed by atoms with Gasteiger partial charge < -0.3 is 30.6 Å². The lowest BCUT2D eigenvalue weighted by Crippen LogP contribution is -2.45. The van der Waals surface area contributed by atoms with E-state index in [0.717, 1.165) is 27.1 Å². The second-order valence-electron chi connectivity index (χ2n) is 15.5. The molecule has 2 atom stereocenters. The summed E-state index contributed by atoms with van der Waals surface area (Å²) in [4.78, 5) is 54.0. The Bertz CT molecular complexity index is 3540. The predicted octanol–water partition coefficient (Wildman–Crippen LogP) is 10.4. The van der Waals surface area contributed by atoms with Gasteiger partial charge in [-0.1, -0.05) is 89.9 Å². The Morgan fingerprint density at radius 1 is 0.603 bits per heavy atom. The smallest absolute Gasteiger partial charge is 0.411 e. The number of hydrogen-bond acceptors (Lipinski definition) is 8. The molecule has 7 aromatic carbocycles. The number of H-pyrrole nitrogens is 2. The molecule has 68 heavy (non-hydrogen) atoms. The number of nitrogens with one attached hydrogen (secondary N) is 4. The Labute approximate surface area is 391 Å². The molecule has 2 aliphatic heterocycles. The first kappa shape index (κ1) is 43.7. The Kier molecular flexibility index (Phi) is 10.6. The number of nitrogens with zero attached hydrogens (tertiary/aromatic N) is 4. The number of amides is 3. The number of benzene rings is 7. The van der Waals surface area contributed by atoms with Gasteiger partial charge in [0.25, 0.3) is 11.8 Å². The predicted molar refractivity (Wildman–Crippen MR) is 249 cm³/mol. The fourth-order valence-electron chi connectivity index (χ4n) is 8.58. The van der Waals surface area contributed by atoms with Gasteiger partial charge in [0.15, 0.2) is 17.4 Å². The molecule has 2 aromatic heterocycles. The number of anilines is 5. The van der Waals surface area contributed by atoms with Crippen LogP contribution in [0.4, 0.5) is 46.9 Å². The summed E-state index contributed by atoms with van der Waals surface area (Å²) in [5.41, 5.74) is -1.58. The van der Waals surface area contributed by atoms with E-state index >= 15 is 8.78 Å². The number of aliphatic hydroxyl groups is 2. The van der Waals surface area contributed by atoms with E-state index in [0.29, 0.717) is 28.1 Å². The van der Waals surface area contributed by atoms with E-state index in [9.17, 15) is 29.0 Å². The first-order chi connectivity index (χ1) is 32.7. The minimum atomic E-state index is -2.44. The highest BCUT2D eigenvalue weighted by atomic mass is 35.5. The number of carbonyl (C=O) groups is 3. The first-order valence-electron chi connectivity index (χ1n) is 20.4. The van der Waals surface area contributed by atoms with Crippen LogP contribution in [0.1, 0.15) is 43.0 Å². The van der Waals surface area contributed by atoms with Gasteiger partial charge in [-0.15, -0.1) is 0 Å². The molecule has 2 aliphatic rings. The molecule has 4 heterocycles.